The molecule has 0 spiro atoms. The summed E-state index contributed by atoms with van der Waals surface area (Å²) >= 11 is 0. The number of anilines is 1. The van der Waals surface area contributed by atoms with E-state index in [0.717, 1.165) is 30.5 Å². The van der Waals surface area contributed by atoms with E-state index >= 15 is 0 Å². The van der Waals surface area contributed by atoms with Crippen molar-refractivity contribution in [3.05, 3.63) is 17.7 Å². The molecule has 1 atom stereocenters. The molecule has 1 aromatic carbocycles. The van der Waals surface area contributed by atoms with E-state index in [0.29, 0.717) is 24.1 Å². The van der Waals surface area contributed by atoms with Gasteiger partial charge < -0.3 is 19.3 Å². The molecule has 0 bridgehead atoms. The predicted octanol–water partition coefficient (Wildman–Crippen LogP) is 1.93. The van der Waals surface area contributed by atoms with Crippen molar-refractivity contribution in [1.29, 1.82) is 0 Å². The number of carbonyl (C=O) groups is 1. The lowest BCUT2D eigenvalue weighted by Gasteiger charge is -2.38. The Morgan fingerprint density at radius 2 is 1.95 bits per heavy atom. The van der Waals surface area contributed by atoms with Crippen molar-refractivity contribution in [3.63, 3.8) is 0 Å². The Hall–Kier alpha value is -1.75. The predicted molar refractivity (Wildman–Crippen MR) is 85.8 cm³/mol. The summed E-state index contributed by atoms with van der Waals surface area (Å²) in [5, 5.41) is 0. The normalized spacial score (nSPS) is 20.8. The maximum Gasteiger partial charge on any atom is 0.230 e. The Morgan fingerprint density at radius 3 is 2.50 bits per heavy atom. The molecule has 22 heavy (non-hydrogen) atoms. The van der Waals surface area contributed by atoms with Crippen LogP contribution in [0.2, 0.25) is 0 Å². The third-order valence-corrected chi connectivity index (χ3v) is 4.64. The summed E-state index contributed by atoms with van der Waals surface area (Å²) in [5.41, 5.74) is 2.05. The lowest BCUT2D eigenvalue weighted by Crippen LogP contribution is -2.48. The molecule has 1 aromatic rings. The van der Waals surface area contributed by atoms with Gasteiger partial charge in [-0.05, 0) is 45.0 Å². The van der Waals surface area contributed by atoms with Crippen molar-refractivity contribution in [2.75, 3.05) is 39.8 Å². The molecule has 1 unspecified atom stereocenters. The zero-order valence-electron chi connectivity index (χ0n) is 13.8. The first-order valence-electron chi connectivity index (χ1n) is 7.78. The number of methoxy groups -OCH3 is 2. The van der Waals surface area contributed by atoms with Gasteiger partial charge in [0.2, 0.25) is 5.91 Å². The molecule has 5 nitrogen and oxygen atoms in total. The average molecular weight is 304 g/mol. The Kier molecular flexibility index (Phi) is 4.00. The van der Waals surface area contributed by atoms with Crippen LogP contribution in [0.5, 0.6) is 11.5 Å². The Bertz CT molecular complexity index is 582. The summed E-state index contributed by atoms with van der Waals surface area (Å²) in [7, 11) is 7.39. The quantitative estimate of drug-likeness (QED) is 0.852. The fourth-order valence-corrected chi connectivity index (χ4v) is 3.13. The summed E-state index contributed by atoms with van der Waals surface area (Å²) in [6.45, 7) is 0.707. The molecule has 0 radical (unpaired) electrons. The molecule has 1 aliphatic heterocycles. The fourth-order valence-electron chi connectivity index (χ4n) is 3.13. The first kappa shape index (κ1) is 15.2. The van der Waals surface area contributed by atoms with Crippen LogP contribution in [-0.4, -0.2) is 51.7 Å². The van der Waals surface area contributed by atoms with Crippen LogP contribution in [0.1, 0.15) is 18.4 Å². The molecule has 2 aliphatic rings. The number of rotatable bonds is 4. The van der Waals surface area contributed by atoms with Gasteiger partial charge in [0.1, 0.15) is 0 Å². The second kappa shape index (κ2) is 5.80. The Balaban J connectivity index is 2.08. The van der Waals surface area contributed by atoms with Gasteiger partial charge in [-0.25, -0.2) is 0 Å². The van der Waals surface area contributed by atoms with Crippen LogP contribution in [0, 0.1) is 5.92 Å². The second-order valence-corrected chi connectivity index (χ2v) is 6.35. The van der Waals surface area contributed by atoms with Crippen LogP contribution in [0.25, 0.3) is 0 Å². The Labute approximate surface area is 131 Å². The summed E-state index contributed by atoms with van der Waals surface area (Å²) in [5.74, 6) is 1.76. The molecule has 120 valence electrons. The third kappa shape index (κ3) is 2.54. The van der Waals surface area contributed by atoms with Crippen LogP contribution in [0.15, 0.2) is 12.1 Å². The van der Waals surface area contributed by atoms with Gasteiger partial charge in [-0.2, -0.15) is 0 Å². The number of nitrogens with zero attached hydrogens (tertiary/aromatic N) is 2. The topological polar surface area (TPSA) is 42.0 Å². The van der Waals surface area contributed by atoms with E-state index in [1.165, 1.54) is 0 Å². The number of benzene rings is 1. The maximum absolute atomic E-state index is 12.8. The highest BCUT2D eigenvalue weighted by molar-refractivity contribution is 5.99. The first-order valence-corrected chi connectivity index (χ1v) is 7.78. The smallest absolute Gasteiger partial charge is 0.230 e. The average Bonchev–Trinajstić information content (AvgIpc) is 3.36. The van der Waals surface area contributed by atoms with Gasteiger partial charge in [0, 0.05) is 18.5 Å². The zero-order valence-corrected chi connectivity index (χ0v) is 13.8. The van der Waals surface area contributed by atoms with Crippen LogP contribution >= 0.6 is 0 Å². The minimum Gasteiger partial charge on any atom is -0.493 e. The van der Waals surface area contributed by atoms with E-state index in [-0.39, 0.29) is 11.8 Å². The van der Waals surface area contributed by atoms with Crippen molar-refractivity contribution in [2.24, 2.45) is 5.92 Å². The van der Waals surface area contributed by atoms with Crippen molar-refractivity contribution in [3.8, 4) is 11.5 Å². The molecule has 1 fully saturated rings. The fraction of sp³-hybridized carbons (Fsp3) is 0.588. The van der Waals surface area contributed by atoms with Crippen LogP contribution < -0.4 is 14.4 Å². The van der Waals surface area contributed by atoms with Gasteiger partial charge >= 0.3 is 0 Å². The molecule has 0 saturated heterocycles. The highest BCUT2D eigenvalue weighted by Crippen LogP contribution is 2.45. The highest BCUT2D eigenvalue weighted by Gasteiger charge is 2.39. The standard InChI is InChI=1S/C17H24N2O3/c1-18(2)13-9-12-7-8-14(21-3)16(22-4)15(12)19(10-13)17(20)11-5-6-11/h7-8,11,13H,5-6,9-10H2,1-4H3. The van der Waals surface area contributed by atoms with Crippen molar-refractivity contribution in [2.45, 2.75) is 25.3 Å². The molecule has 3 rings (SSSR count). The van der Waals surface area contributed by atoms with E-state index in [1.807, 2.05) is 11.0 Å². The van der Waals surface area contributed by atoms with E-state index < -0.39 is 0 Å². The molecule has 1 heterocycles. The molecular weight excluding hydrogens is 280 g/mol. The van der Waals surface area contributed by atoms with Crippen LogP contribution in [0.4, 0.5) is 5.69 Å². The second-order valence-electron chi connectivity index (χ2n) is 6.35. The SMILES string of the molecule is COc1ccc2c(c1OC)N(C(=O)C1CC1)CC(N(C)C)C2. The van der Waals surface area contributed by atoms with Crippen LogP contribution in [0.3, 0.4) is 0 Å². The summed E-state index contributed by atoms with van der Waals surface area (Å²) in [6.07, 6.45) is 2.92. The molecule has 1 saturated carbocycles. The molecule has 0 aromatic heterocycles. The zero-order chi connectivity index (χ0) is 15.9. The summed E-state index contributed by atoms with van der Waals surface area (Å²) in [4.78, 5) is 16.9. The van der Waals surface area contributed by atoms with Gasteiger partial charge in [0.05, 0.1) is 19.9 Å². The minimum atomic E-state index is 0.185. The number of amides is 1. The third-order valence-electron chi connectivity index (χ3n) is 4.64. The number of ether oxygens (including phenoxy) is 2. The van der Waals surface area contributed by atoms with Crippen molar-refractivity contribution in [1.82, 2.24) is 4.90 Å². The van der Waals surface area contributed by atoms with Gasteiger partial charge in [0.15, 0.2) is 11.5 Å². The largest absolute Gasteiger partial charge is 0.493 e. The number of carbonyl (C=O) groups excluding carboxylic acids is 1. The molecular formula is C17H24N2O3. The van der Waals surface area contributed by atoms with Gasteiger partial charge in [-0.3, -0.25) is 4.79 Å². The van der Waals surface area contributed by atoms with Gasteiger partial charge in [-0.15, -0.1) is 0 Å². The van der Waals surface area contributed by atoms with Crippen LogP contribution in [-0.2, 0) is 11.2 Å². The number of fused-ring (bicyclic) bond motifs is 1. The van der Waals surface area contributed by atoms with E-state index in [4.69, 9.17) is 9.47 Å². The number of hydrogen-bond acceptors (Lipinski definition) is 4. The minimum absolute atomic E-state index is 0.185. The molecule has 1 aliphatic carbocycles. The van der Waals surface area contributed by atoms with Gasteiger partial charge in [-0.1, -0.05) is 6.07 Å². The van der Waals surface area contributed by atoms with E-state index in [2.05, 4.69) is 25.1 Å². The monoisotopic (exact) mass is 304 g/mol. The van der Waals surface area contributed by atoms with E-state index in [9.17, 15) is 4.79 Å². The number of likely N-dealkylation sites (N-methyl/N-ethyl adjacent to an activating group) is 1. The van der Waals surface area contributed by atoms with Gasteiger partial charge in [0.25, 0.3) is 0 Å². The molecule has 0 N–H and O–H groups in total. The lowest BCUT2D eigenvalue weighted by atomic mass is 9.95. The van der Waals surface area contributed by atoms with E-state index in [1.54, 1.807) is 14.2 Å². The lowest BCUT2D eigenvalue weighted by molar-refractivity contribution is -0.120. The molecule has 5 heteroatoms. The summed E-state index contributed by atoms with van der Waals surface area (Å²) in [6, 6.07) is 4.31. The number of hydrogen-bond donors (Lipinski definition) is 0. The molecule has 1 amide bonds. The first-order chi connectivity index (χ1) is 10.6. The summed E-state index contributed by atoms with van der Waals surface area (Å²) < 4.78 is 11.0. The van der Waals surface area contributed by atoms with Crippen molar-refractivity contribution < 1.29 is 14.3 Å². The Morgan fingerprint density at radius 1 is 1.23 bits per heavy atom. The van der Waals surface area contributed by atoms with Crippen molar-refractivity contribution >= 4 is 11.6 Å². The highest BCUT2D eigenvalue weighted by atomic mass is 16.5. The maximum atomic E-state index is 12.8.